The lowest BCUT2D eigenvalue weighted by molar-refractivity contribution is 0.220. The number of hydrogen-bond donors (Lipinski definition) is 2. The van der Waals surface area contributed by atoms with Gasteiger partial charge in [0.15, 0.2) is 0 Å². The minimum Gasteiger partial charge on any atom is -0.398 e. The molecule has 14 heavy (non-hydrogen) atoms. The number of halogens is 2. The fraction of sp³-hybridized carbons (Fsp3) is 0.333. The van der Waals surface area contributed by atoms with Gasteiger partial charge in [-0.1, -0.05) is 23.2 Å². The van der Waals surface area contributed by atoms with Gasteiger partial charge in [-0.15, -0.1) is 11.8 Å². The fourth-order valence-corrected chi connectivity index (χ4v) is 2.44. The van der Waals surface area contributed by atoms with Crippen LogP contribution in [0.5, 0.6) is 0 Å². The van der Waals surface area contributed by atoms with Crippen LogP contribution in [-0.4, -0.2) is 17.0 Å². The molecule has 5 heteroatoms. The maximum Gasteiger partial charge on any atom is 0.0606 e. The molecule has 1 aromatic rings. The van der Waals surface area contributed by atoms with E-state index >= 15 is 0 Å². The summed E-state index contributed by atoms with van der Waals surface area (Å²) >= 11 is 13.1. The standard InChI is InChI=1S/C9H11Cl2NOS/c1-5(13)4-14-9-7(11)2-6(10)3-8(9)12/h2-3,5,13H,4,12H2,1H3. The van der Waals surface area contributed by atoms with Crippen molar-refractivity contribution in [2.45, 2.75) is 17.9 Å². The molecule has 0 aliphatic rings. The second-order valence-electron chi connectivity index (χ2n) is 2.97. The molecule has 0 aromatic heterocycles. The Morgan fingerprint density at radius 1 is 1.50 bits per heavy atom. The number of thioether (sulfide) groups is 1. The van der Waals surface area contributed by atoms with Crippen molar-refractivity contribution >= 4 is 40.7 Å². The lowest BCUT2D eigenvalue weighted by Crippen LogP contribution is -2.03. The van der Waals surface area contributed by atoms with Crippen LogP contribution in [0.25, 0.3) is 0 Å². The van der Waals surface area contributed by atoms with E-state index in [0.29, 0.717) is 21.5 Å². The summed E-state index contributed by atoms with van der Waals surface area (Å²) in [6, 6.07) is 3.29. The smallest absolute Gasteiger partial charge is 0.0606 e. The third-order valence-electron chi connectivity index (χ3n) is 1.51. The fourth-order valence-electron chi connectivity index (χ4n) is 0.936. The molecule has 0 saturated carbocycles. The molecular weight excluding hydrogens is 241 g/mol. The Morgan fingerprint density at radius 3 is 2.64 bits per heavy atom. The molecule has 0 amide bonds. The Bertz CT molecular complexity index is 308. The van der Waals surface area contributed by atoms with Gasteiger partial charge in [0, 0.05) is 21.4 Å². The molecule has 0 bridgehead atoms. The van der Waals surface area contributed by atoms with Gasteiger partial charge in [0.05, 0.1) is 11.1 Å². The van der Waals surface area contributed by atoms with Crippen molar-refractivity contribution in [2.75, 3.05) is 11.5 Å². The van der Waals surface area contributed by atoms with Crippen molar-refractivity contribution in [3.63, 3.8) is 0 Å². The monoisotopic (exact) mass is 251 g/mol. The topological polar surface area (TPSA) is 46.2 Å². The Kier molecular flexibility index (Phi) is 4.38. The molecule has 1 unspecified atom stereocenters. The lowest BCUT2D eigenvalue weighted by Gasteiger charge is -2.09. The average Bonchev–Trinajstić information content (AvgIpc) is 2.01. The third kappa shape index (κ3) is 3.24. The molecule has 0 fully saturated rings. The van der Waals surface area contributed by atoms with E-state index in [2.05, 4.69) is 0 Å². The van der Waals surface area contributed by atoms with Crippen molar-refractivity contribution in [3.8, 4) is 0 Å². The van der Waals surface area contributed by atoms with Gasteiger partial charge in [0.1, 0.15) is 0 Å². The number of aliphatic hydroxyl groups excluding tert-OH is 1. The first-order valence-electron chi connectivity index (χ1n) is 4.06. The van der Waals surface area contributed by atoms with E-state index in [-0.39, 0.29) is 6.10 Å². The predicted molar refractivity (Wildman–Crippen MR) is 63.3 cm³/mol. The molecule has 0 aliphatic carbocycles. The minimum absolute atomic E-state index is 0.383. The normalized spacial score (nSPS) is 12.9. The highest BCUT2D eigenvalue weighted by Gasteiger charge is 2.08. The van der Waals surface area contributed by atoms with Gasteiger partial charge in [0.25, 0.3) is 0 Å². The van der Waals surface area contributed by atoms with Crippen molar-refractivity contribution in [1.29, 1.82) is 0 Å². The molecule has 0 aliphatic heterocycles. The molecule has 0 heterocycles. The molecule has 0 radical (unpaired) electrons. The summed E-state index contributed by atoms with van der Waals surface area (Å²) in [5.74, 6) is 0.561. The van der Waals surface area contributed by atoms with E-state index in [1.54, 1.807) is 19.1 Å². The number of rotatable bonds is 3. The second kappa shape index (κ2) is 5.12. The molecule has 1 atom stereocenters. The minimum atomic E-state index is -0.383. The van der Waals surface area contributed by atoms with Gasteiger partial charge in [-0.05, 0) is 19.1 Å². The van der Waals surface area contributed by atoms with E-state index in [4.69, 9.17) is 34.0 Å². The van der Waals surface area contributed by atoms with Gasteiger partial charge < -0.3 is 10.8 Å². The number of nitrogen functional groups attached to an aromatic ring is 1. The van der Waals surface area contributed by atoms with Crippen molar-refractivity contribution in [2.24, 2.45) is 0 Å². The number of nitrogens with two attached hydrogens (primary N) is 1. The van der Waals surface area contributed by atoms with Crippen LogP contribution in [0.2, 0.25) is 10.0 Å². The van der Waals surface area contributed by atoms with Gasteiger partial charge in [-0.2, -0.15) is 0 Å². The first-order valence-corrected chi connectivity index (χ1v) is 5.80. The van der Waals surface area contributed by atoms with E-state index < -0.39 is 0 Å². The molecule has 1 rings (SSSR count). The maximum absolute atomic E-state index is 9.12. The Labute approximate surface area is 97.4 Å². The molecule has 1 aromatic carbocycles. The first-order chi connectivity index (χ1) is 6.50. The zero-order chi connectivity index (χ0) is 10.7. The highest BCUT2D eigenvalue weighted by Crippen LogP contribution is 2.35. The van der Waals surface area contributed by atoms with E-state index in [1.807, 2.05) is 0 Å². The SMILES string of the molecule is CC(O)CSc1c(N)cc(Cl)cc1Cl. The molecular formula is C9H11Cl2NOS. The largest absolute Gasteiger partial charge is 0.398 e. The predicted octanol–water partition coefficient (Wildman–Crippen LogP) is 3.05. The van der Waals surface area contributed by atoms with Crippen LogP contribution in [0, 0.1) is 0 Å². The summed E-state index contributed by atoms with van der Waals surface area (Å²) in [4.78, 5) is 0.775. The summed E-state index contributed by atoms with van der Waals surface area (Å²) in [7, 11) is 0. The molecule has 2 nitrogen and oxygen atoms in total. The molecule has 3 N–H and O–H groups in total. The highest BCUT2D eigenvalue weighted by molar-refractivity contribution is 7.99. The Morgan fingerprint density at radius 2 is 2.14 bits per heavy atom. The maximum atomic E-state index is 9.12. The van der Waals surface area contributed by atoms with E-state index in [0.717, 1.165) is 4.90 Å². The summed E-state index contributed by atoms with van der Waals surface area (Å²) in [6.45, 7) is 1.72. The van der Waals surface area contributed by atoms with Gasteiger partial charge in [-0.3, -0.25) is 0 Å². The molecule has 0 spiro atoms. The molecule has 0 saturated heterocycles. The summed E-state index contributed by atoms with van der Waals surface area (Å²) < 4.78 is 0. The van der Waals surface area contributed by atoms with Crippen LogP contribution in [0.1, 0.15) is 6.92 Å². The number of anilines is 1. The lowest BCUT2D eigenvalue weighted by atomic mass is 10.3. The third-order valence-corrected chi connectivity index (χ3v) is 3.53. The van der Waals surface area contributed by atoms with Crippen molar-refractivity contribution in [1.82, 2.24) is 0 Å². The van der Waals surface area contributed by atoms with Crippen LogP contribution in [-0.2, 0) is 0 Å². The zero-order valence-electron chi connectivity index (χ0n) is 7.63. The van der Waals surface area contributed by atoms with Gasteiger partial charge >= 0.3 is 0 Å². The zero-order valence-corrected chi connectivity index (χ0v) is 9.96. The summed E-state index contributed by atoms with van der Waals surface area (Å²) in [5.41, 5.74) is 6.29. The van der Waals surface area contributed by atoms with Crippen LogP contribution in [0.3, 0.4) is 0 Å². The highest BCUT2D eigenvalue weighted by atomic mass is 35.5. The second-order valence-corrected chi connectivity index (χ2v) is 4.84. The van der Waals surface area contributed by atoms with Gasteiger partial charge in [-0.25, -0.2) is 0 Å². The quantitative estimate of drug-likeness (QED) is 0.642. The number of hydrogen-bond acceptors (Lipinski definition) is 3. The van der Waals surface area contributed by atoms with Gasteiger partial charge in [0.2, 0.25) is 0 Å². The van der Waals surface area contributed by atoms with Crippen LogP contribution in [0.15, 0.2) is 17.0 Å². The van der Waals surface area contributed by atoms with E-state index in [1.165, 1.54) is 11.8 Å². The molecule has 78 valence electrons. The Hall–Kier alpha value is -0.0900. The summed E-state index contributed by atoms with van der Waals surface area (Å²) in [5, 5.41) is 10.2. The average molecular weight is 252 g/mol. The van der Waals surface area contributed by atoms with E-state index in [9.17, 15) is 0 Å². The summed E-state index contributed by atoms with van der Waals surface area (Å²) in [6.07, 6.45) is -0.383. The van der Waals surface area contributed by atoms with Crippen molar-refractivity contribution in [3.05, 3.63) is 22.2 Å². The van der Waals surface area contributed by atoms with Crippen LogP contribution < -0.4 is 5.73 Å². The number of aliphatic hydroxyl groups is 1. The van der Waals surface area contributed by atoms with Crippen molar-refractivity contribution < 1.29 is 5.11 Å². The number of benzene rings is 1. The first kappa shape index (κ1) is 12.0. The van der Waals surface area contributed by atoms with Crippen LogP contribution in [0.4, 0.5) is 5.69 Å². The Balaban J connectivity index is 2.86. The van der Waals surface area contributed by atoms with Crippen LogP contribution >= 0.6 is 35.0 Å².